The topological polar surface area (TPSA) is 30.7 Å². The summed E-state index contributed by atoms with van der Waals surface area (Å²) in [6.07, 6.45) is 3.42. The van der Waals surface area contributed by atoms with Gasteiger partial charge in [-0.1, -0.05) is 34.8 Å². The van der Waals surface area contributed by atoms with Gasteiger partial charge in [-0.25, -0.2) is 9.97 Å². The monoisotopic (exact) mass is 261 g/mol. The molecule has 0 aliphatic heterocycles. The lowest BCUT2D eigenvalue weighted by molar-refractivity contribution is 0.933. The van der Waals surface area contributed by atoms with Crippen molar-refractivity contribution in [2.75, 3.05) is 0 Å². The molecule has 15 heavy (non-hydrogen) atoms. The lowest BCUT2D eigenvalue weighted by Gasteiger charge is -2.07. The van der Waals surface area contributed by atoms with Crippen LogP contribution in [0.2, 0.25) is 15.2 Å². The Balaban J connectivity index is 2.64. The average molecular weight is 263 g/mol. The van der Waals surface area contributed by atoms with Gasteiger partial charge in [0, 0.05) is 12.4 Å². The van der Waals surface area contributed by atoms with Crippen molar-refractivity contribution < 1.29 is 0 Å². The molecule has 2 heterocycles. The van der Waals surface area contributed by atoms with Gasteiger partial charge in [-0.2, -0.15) is 0 Å². The second-order valence-electron chi connectivity index (χ2n) is 2.91. The second kappa shape index (κ2) is 4.00. The fraction of sp³-hybridized carbons (Fsp3) is 0.111. The van der Waals surface area contributed by atoms with Crippen molar-refractivity contribution in [3.05, 3.63) is 39.5 Å². The largest absolute Gasteiger partial charge is 0.287 e. The quantitative estimate of drug-likeness (QED) is 0.736. The molecule has 0 N–H and O–H groups in total. The number of halogens is 3. The fourth-order valence-corrected chi connectivity index (χ4v) is 1.79. The van der Waals surface area contributed by atoms with E-state index in [9.17, 15) is 0 Å². The molecule has 3 nitrogen and oxygen atoms in total. The van der Waals surface area contributed by atoms with Gasteiger partial charge in [0.2, 0.25) is 0 Å². The van der Waals surface area contributed by atoms with Gasteiger partial charge in [-0.3, -0.25) is 4.57 Å². The summed E-state index contributed by atoms with van der Waals surface area (Å²) < 4.78 is 1.74. The van der Waals surface area contributed by atoms with Gasteiger partial charge < -0.3 is 0 Å². The molecule has 0 saturated carbocycles. The molecule has 2 aromatic heterocycles. The highest BCUT2D eigenvalue weighted by molar-refractivity contribution is 6.42. The molecule has 2 rings (SSSR count). The van der Waals surface area contributed by atoms with Crippen LogP contribution in [-0.2, 0) is 0 Å². The predicted octanol–water partition coefficient (Wildman–Crippen LogP) is 3.54. The number of hydrogen-bond acceptors (Lipinski definition) is 2. The highest BCUT2D eigenvalue weighted by Gasteiger charge is 2.10. The van der Waals surface area contributed by atoms with Crippen LogP contribution in [0.3, 0.4) is 0 Å². The summed E-state index contributed by atoms with van der Waals surface area (Å²) >= 11 is 17.6. The minimum Gasteiger partial charge on any atom is -0.287 e. The number of imidazole rings is 1. The molecule has 0 unspecified atom stereocenters. The normalized spacial score (nSPS) is 10.7. The summed E-state index contributed by atoms with van der Waals surface area (Å²) in [7, 11) is 0. The number of pyridine rings is 1. The van der Waals surface area contributed by atoms with Crippen LogP contribution in [0, 0.1) is 6.92 Å². The Labute approximate surface area is 102 Å². The van der Waals surface area contributed by atoms with Crippen LogP contribution in [0.4, 0.5) is 0 Å². The Hall–Kier alpha value is -0.770. The van der Waals surface area contributed by atoms with E-state index < -0.39 is 0 Å². The molecule has 0 bridgehead atoms. The maximum atomic E-state index is 6.01. The Kier molecular flexibility index (Phi) is 2.87. The van der Waals surface area contributed by atoms with Crippen LogP contribution < -0.4 is 0 Å². The zero-order valence-electron chi connectivity index (χ0n) is 7.71. The molecule has 0 aliphatic rings. The first-order valence-corrected chi connectivity index (χ1v) is 5.25. The van der Waals surface area contributed by atoms with Gasteiger partial charge in [0.25, 0.3) is 0 Å². The van der Waals surface area contributed by atoms with Gasteiger partial charge in [-0.05, 0) is 13.0 Å². The van der Waals surface area contributed by atoms with Crippen LogP contribution >= 0.6 is 34.8 Å². The molecule has 0 amide bonds. The molecule has 0 spiro atoms. The summed E-state index contributed by atoms with van der Waals surface area (Å²) in [5.74, 6) is 1.31. The first-order chi connectivity index (χ1) is 7.09. The summed E-state index contributed by atoms with van der Waals surface area (Å²) in [4.78, 5) is 8.17. The molecule has 0 aliphatic carbocycles. The minimum absolute atomic E-state index is 0.226. The zero-order chi connectivity index (χ0) is 11.0. The number of nitrogens with zero attached hydrogens (tertiary/aromatic N) is 3. The molecule has 0 radical (unpaired) electrons. The third-order valence-electron chi connectivity index (χ3n) is 1.92. The van der Waals surface area contributed by atoms with Gasteiger partial charge in [0.1, 0.15) is 11.0 Å². The molecule has 0 saturated heterocycles. The number of aryl methyl sites for hydroxylation is 1. The van der Waals surface area contributed by atoms with Crippen LogP contribution in [0.5, 0.6) is 0 Å². The van der Waals surface area contributed by atoms with E-state index in [4.69, 9.17) is 34.8 Å². The van der Waals surface area contributed by atoms with Crippen molar-refractivity contribution in [3.63, 3.8) is 0 Å². The summed E-state index contributed by atoms with van der Waals surface area (Å²) in [6.45, 7) is 1.85. The lowest BCUT2D eigenvalue weighted by atomic mass is 10.4. The van der Waals surface area contributed by atoms with E-state index in [1.165, 1.54) is 0 Å². The Morgan fingerprint density at radius 2 is 1.93 bits per heavy atom. The molecule has 0 fully saturated rings. The third kappa shape index (κ3) is 1.95. The van der Waals surface area contributed by atoms with Crippen molar-refractivity contribution in [2.45, 2.75) is 6.92 Å². The molecule has 0 aromatic carbocycles. The van der Waals surface area contributed by atoms with Gasteiger partial charge in [0.05, 0.1) is 10.0 Å². The smallest absolute Gasteiger partial charge is 0.158 e. The van der Waals surface area contributed by atoms with E-state index in [0.29, 0.717) is 15.9 Å². The van der Waals surface area contributed by atoms with Crippen molar-refractivity contribution in [1.29, 1.82) is 0 Å². The first kappa shape index (κ1) is 10.7. The SMILES string of the molecule is Cc1nccn1-c1nc(Cl)c(Cl)cc1Cl. The summed E-state index contributed by atoms with van der Waals surface area (Å²) in [5, 5.41) is 0.998. The maximum absolute atomic E-state index is 6.01. The minimum atomic E-state index is 0.226. The van der Waals surface area contributed by atoms with E-state index in [0.717, 1.165) is 5.82 Å². The molecule has 6 heteroatoms. The Morgan fingerprint density at radius 3 is 2.53 bits per heavy atom. The van der Waals surface area contributed by atoms with E-state index >= 15 is 0 Å². The lowest BCUT2D eigenvalue weighted by Crippen LogP contribution is -2.00. The van der Waals surface area contributed by atoms with Crippen LogP contribution in [-0.4, -0.2) is 14.5 Å². The van der Waals surface area contributed by atoms with E-state index in [2.05, 4.69) is 9.97 Å². The standard InChI is InChI=1S/C9H6Cl3N3/c1-5-13-2-3-15(5)9-7(11)4-6(10)8(12)14-9/h2-4H,1H3. The predicted molar refractivity (Wildman–Crippen MR) is 61.1 cm³/mol. The highest BCUT2D eigenvalue weighted by Crippen LogP contribution is 2.28. The number of rotatable bonds is 1. The molecule has 2 aromatic rings. The molecular formula is C9H6Cl3N3. The third-order valence-corrected chi connectivity index (χ3v) is 2.87. The van der Waals surface area contributed by atoms with Gasteiger partial charge in [0.15, 0.2) is 5.82 Å². The van der Waals surface area contributed by atoms with E-state index in [-0.39, 0.29) is 5.15 Å². The second-order valence-corrected chi connectivity index (χ2v) is 4.08. The molecule has 0 atom stereocenters. The fourth-order valence-electron chi connectivity index (χ4n) is 1.21. The van der Waals surface area contributed by atoms with E-state index in [1.807, 2.05) is 6.92 Å². The molecular weight excluding hydrogens is 256 g/mol. The van der Waals surface area contributed by atoms with E-state index in [1.54, 1.807) is 23.0 Å². The van der Waals surface area contributed by atoms with Gasteiger partial charge in [-0.15, -0.1) is 0 Å². The maximum Gasteiger partial charge on any atom is 0.158 e. The molecule has 78 valence electrons. The number of hydrogen-bond donors (Lipinski definition) is 0. The first-order valence-electron chi connectivity index (χ1n) is 4.11. The Bertz CT molecular complexity index is 507. The van der Waals surface area contributed by atoms with Crippen molar-refractivity contribution in [1.82, 2.24) is 14.5 Å². The van der Waals surface area contributed by atoms with Crippen LogP contribution in [0.15, 0.2) is 18.5 Å². The summed E-state index contributed by atoms with van der Waals surface area (Å²) in [5.41, 5.74) is 0. The average Bonchev–Trinajstić information content (AvgIpc) is 2.58. The van der Waals surface area contributed by atoms with Crippen molar-refractivity contribution >= 4 is 34.8 Å². The summed E-state index contributed by atoms with van der Waals surface area (Å²) in [6, 6.07) is 1.56. The zero-order valence-corrected chi connectivity index (χ0v) is 9.98. The van der Waals surface area contributed by atoms with Crippen LogP contribution in [0.1, 0.15) is 5.82 Å². The van der Waals surface area contributed by atoms with Crippen molar-refractivity contribution in [3.8, 4) is 5.82 Å². The number of aromatic nitrogens is 3. The van der Waals surface area contributed by atoms with Crippen molar-refractivity contribution in [2.24, 2.45) is 0 Å². The Morgan fingerprint density at radius 1 is 1.20 bits per heavy atom. The highest BCUT2D eigenvalue weighted by atomic mass is 35.5. The van der Waals surface area contributed by atoms with Crippen LogP contribution in [0.25, 0.3) is 5.82 Å². The van der Waals surface area contributed by atoms with Gasteiger partial charge >= 0.3 is 0 Å².